The van der Waals surface area contributed by atoms with E-state index in [0.717, 1.165) is 25.2 Å². The molecule has 1 aliphatic heterocycles. The van der Waals surface area contributed by atoms with Gasteiger partial charge in [0.05, 0.1) is 24.5 Å². The molecule has 0 bridgehead atoms. The van der Waals surface area contributed by atoms with Gasteiger partial charge < -0.3 is 15.4 Å². The number of ether oxygens (including phenoxy) is 1. The molecule has 0 radical (unpaired) electrons. The number of rotatable bonds is 8. The van der Waals surface area contributed by atoms with Gasteiger partial charge in [-0.1, -0.05) is 0 Å². The summed E-state index contributed by atoms with van der Waals surface area (Å²) < 4.78 is 7.49. The van der Waals surface area contributed by atoms with Crippen LogP contribution in [0.15, 0.2) is 12.4 Å². The average Bonchev–Trinajstić information content (AvgIpc) is 2.99. The van der Waals surface area contributed by atoms with Crippen LogP contribution in [0.4, 0.5) is 5.69 Å². The average molecular weight is 354 g/mol. The van der Waals surface area contributed by atoms with Gasteiger partial charge in [-0.15, -0.1) is 0 Å². The second-order valence-electron chi connectivity index (χ2n) is 5.96. The minimum absolute atomic E-state index is 0.191. The van der Waals surface area contributed by atoms with E-state index in [2.05, 4.69) is 15.7 Å². The summed E-state index contributed by atoms with van der Waals surface area (Å²) in [6, 6.07) is -0.528. The highest BCUT2D eigenvalue weighted by Gasteiger charge is 2.20. The van der Waals surface area contributed by atoms with Crippen molar-refractivity contribution in [2.75, 3.05) is 23.9 Å². The third-order valence-electron chi connectivity index (χ3n) is 3.87. The van der Waals surface area contributed by atoms with Gasteiger partial charge in [-0.05, 0) is 37.7 Å². The van der Waals surface area contributed by atoms with Gasteiger partial charge in [-0.3, -0.25) is 14.3 Å². The first-order chi connectivity index (χ1) is 11.6. The number of hydrogen-bond acceptors (Lipinski definition) is 5. The zero-order valence-electron chi connectivity index (χ0n) is 14.3. The maximum Gasteiger partial charge on any atom is 0.247 e. The molecule has 24 heavy (non-hydrogen) atoms. The van der Waals surface area contributed by atoms with E-state index in [9.17, 15) is 9.59 Å². The minimum atomic E-state index is -0.528. The van der Waals surface area contributed by atoms with Gasteiger partial charge in [-0.2, -0.15) is 16.9 Å². The predicted molar refractivity (Wildman–Crippen MR) is 95.1 cm³/mol. The van der Waals surface area contributed by atoms with Crippen molar-refractivity contribution in [3.63, 3.8) is 0 Å². The van der Waals surface area contributed by atoms with Gasteiger partial charge in [0.2, 0.25) is 11.8 Å². The molecule has 0 spiro atoms. The number of aromatic nitrogens is 2. The summed E-state index contributed by atoms with van der Waals surface area (Å²) in [5.74, 6) is 0.380. The van der Waals surface area contributed by atoms with Crippen molar-refractivity contribution < 1.29 is 14.3 Å². The molecule has 0 unspecified atom stereocenters. The molecule has 2 N–H and O–H groups in total. The van der Waals surface area contributed by atoms with Crippen LogP contribution in [0.1, 0.15) is 32.6 Å². The summed E-state index contributed by atoms with van der Waals surface area (Å²) in [7, 11) is 0. The predicted octanol–water partition coefficient (Wildman–Crippen LogP) is 1.65. The smallest absolute Gasteiger partial charge is 0.247 e. The zero-order chi connectivity index (χ0) is 17.4. The molecule has 1 saturated heterocycles. The summed E-state index contributed by atoms with van der Waals surface area (Å²) in [5.41, 5.74) is 0.635. The quantitative estimate of drug-likeness (QED) is 0.741. The number of nitrogens with one attached hydrogen (secondary N) is 2. The fourth-order valence-corrected chi connectivity index (χ4v) is 3.14. The number of anilines is 1. The van der Waals surface area contributed by atoms with Crippen LogP contribution in [0, 0.1) is 0 Å². The largest absolute Gasteiger partial charge is 0.376 e. The number of thioether (sulfide) groups is 1. The number of amides is 2. The van der Waals surface area contributed by atoms with Gasteiger partial charge in [0.15, 0.2) is 0 Å². The van der Waals surface area contributed by atoms with Crippen molar-refractivity contribution in [1.82, 2.24) is 15.1 Å². The van der Waals surface area contributed by atoms with Gasteiger partial charge in [0.25, 0.3) is 0 Å². The van der Waals surface area contributed by atoms with Crippen LogP contribution < -0.4 is 10.6 Å². The highest BCUT2D eigenvalue weighted by Crippen LogP contribution is 2.15. The Labute approximate surface area is 146 Å². The maximum absolute atomic E-state index is 12.4. The number of carbonyl (C=O) groups is 2. The molecule has 1 aromatic rings. The van der Waals surface area contributed by atoms with E-state index in [1.165, 1.54) is 13.3 Å². The number of nitrogens with zero attached hydrogens (tertiary/aromatic N) is 2. The van der Waals surface area contributed by atoms with E-state index in [4.69, 9.17) is 4.74 Å². The van der Waals surface area contributed by atoms with Crippen LogP contribution >= 0.6 is 11.8 Å². The Morgan fingerprint density at radius 1 is 1.50 bits per heavy atom. The first kappa shape index (κ1) is 18.8. The Bertz CT molecular complexity index is 543. The summed E-state index contributed by atoms with van der Waals surface area (Å²) in [6.07, 6.45) is 9.53. The topological polar surface area (TPSA) is 85.3 Å². The molecule has 134 valence electrons. The Morgan fingerprint density at radius 2 is 2.33 bits per heavy atom. The minimum Gasteiger partial charge on any atom is -0.376 e. The molecule has 0 aliphatic carbocycles. The van der Waals surface area contributed by atoms with Crippen molar-refractivity contribution in [1.29, 1.82) is 0 Å². The lowest BCUT2D eigenvalue weighted by Crippen LogP contribution is -2.43. The Balaban J connectivity index is 1.88. The molecule has 2 heterocycles. The van der Waals surface area contributed by atoms with E-state index in [0.29, 0.717) is 18.7 Å². The first-order valence-corrected chi connectivity index (χ1v) is 9.69. The van der Waals surface area contributed by atoms with E-state index in [-0.39, 0.29) is 17.9 Å². The standard InChI is InChI=1S/C16H26N4O3S/c1-12(21)18-15(6-8-24-2)16(22)19-13-9-17-20(10-13)11-14-5-3-4-7-23-14/h9-10,14-15H,3-8,11H2,1-2H3,(H,18,21)(H,19,22)/t14-,15+/m0/s1. The summed E-state index contributed by atoms with van der Waals surface area (Å²) in [6.45, 7) is 2.92. The summed E-state index contributed by atoms with van der Waals surface area (Å²) >= 11 is 1.64. The Kier molecular flexibility index (Phi) is 7.58. The van der Waals surface area contributed by atoms with Crippen molar-refractivity contribution in [3.05, 3.63) is 12.4 Å². The zero-order valence-corrected chi connectivity index (χ0v) is 15.1. The lowest BCUT2D eigenvalue weighted by Gasteiger charge is -2.22. The van der Waals surface area contributed by atoms with Crippen LogP contribution in [0.3, 0.4) is 0 Å². The van der Waals surface area contributed by atoms with Gasteiger partial charge >= 0.3 is 0 Å². The third kappa shape index (κ3) is 6.16. The van der Waals surface area contributed by atoms with E-state index >= 15 is 0 Å². The SMILES string of the molecule is CSCC[C@@H](NC(C)=O)C(=O)Nc1cnn(C[C@@H]2CCCCO2)c1. The van der Waals surface area contributed by atoms with E-state index in [1.54, 1.807) is 28.8 Å². The second kappa shape index (κ2) is 9.68. The first-order valence-electron chi connectivity index (χ1n) is 8.29. The molecule has 2 rings (SSSR count). The fraction of sp³-hybridized carbons (Fsp3) is 0.688. The molecule has 0 aromatic carbocycles. The maximum atomic E-state index is 12.4. The highest BCUT2D eigenvalue weighted by molar-refractivity contribution is 7.98. The fourth-order valence-electron chi connectivity index (χ4n) is 2.67. The Morgan fingerprint density at radius 3 is 3.00 bits per heavy atom. The molecular formula is C16H26N4O3S. The van der Waals surface area contributed by atoms with Crippen LogP contribution in [-0.2, 0) is 20.9 Å². The number of hydrogen-bond donors (Lipinski definition) is 2. The van der Waals surface area contributed by atoms with Crippen molar-refractivity contribution in [3.8, 4) is 0 Å². The van der Waals surface area contributed by atoms with E-state index < -0.39 is 6.04 Å². The van der Waals surface area contributed by atoms with Crippen molar-refractivity contribution in [2.24, 2.45) is 0 Å². The molecule has 7 nitrogen and oxygen atoms in total. The molecule has 1 aromatic heterocycles. The molecule has 8 heteroatoms. The molecular weight excluding hydrogens is 328 g/mol. The van der Waals surface area contributed by atoms with Gasteiger partial charge in [0, 0.05) is 19.7 Å². The molecule has 0 saturated carbocycles. The van der Waals surface area contributed by atoms with Crippen LogP contribution in [-0.4, -0.2) is 52.4 Å². The normalized spacial score (nSPS) is 18.8. The third-order valence-corrected chi connectivity index (χ3v) is 4.51. The highest BCUT2D eigenvalue weighted by atomic mass is 32.2. The van der Waals surface area contributed by atoms with E-state index in [1.807, 2.05) is 6.26 Å². The van der Waals surface area contributed by atoms with Gasteiger partial charge in [0.1, 0.15) is 6.04 Å². The number of carbonyl (C=O) groups excluding carboxylic acids is 2. The molecule has 2 amide bonds. The van der Waals surface area contributed by atoms with Crippen molar-refractivity contribution >= 4 is 29.3 Å². The lowest BCUT2D eigenvalue weighted by atomic mass is 10.1. The van der Waals surface area contributed by atoms with Crippen molar-refractivity contribution in [2.45, 2.75) is 51.3 Å². The Hall–Kier alpha value is -1.54. The molecule has 2 atom stereocenters. The molecule has 1 aliphatic rings. The van der Waals surface area contributed by atoms with Gasteiger partial charge in [-0.25, -0.2) is 0 Å². The monoisotopic (exact) mass is 354 g/mol. The summed E-state index contributed by atoms with van der Waals surface area (Å²) in [4.78, 5) is 23.6. The lowest BCUT2D eigenvalue weighted by molar-refractivity contribution is -0.125. The molecule has 1 fully saturated rings. The van der Waals surface area contributed by atoms with Crippen LogP contribution in [0.2, 0.25) is 0 Å². The van der Waals surface area contributed by atoms with Crippen LogP contribution in [0.25, 0.3) is 0 Å². The summed E-state index contributed by atoms with van der Waals surface area (Å²) in [5, 5.41) is 9.80. The van der Waals surface area contributed by atoms with Crippen LogP contribution in [0.5, 0.6) is 0 Å². The second-order valence-corrected chi connectivity index (χ2v) is 6.95.